The van der Waals surface area contributed by atoms with Crippen molar-refractivity contribution in [2.75, 3.05) is 29.5 Å². The van der Waals surface area contributed by atoms with Crippen LogP contribution in [-0.2, 0) is 4.79 Å². The van der Waals surface area contributed by atoms with Gasteiger partial charge in [0.2, 0.25) is 5.91 Å². The number of carbonyl (C=O) groups excluding carboxylic acids is 1. The number of nitrogens with zero attached hydrogens (tertiary/aromatic N) is 1. The zero-order chi connectivity index (χ0) is 13.1. The second-order valence-electron chi connectivity index (χ2n) is 4.53. The molecule has 98 valence electrons. The van der Waals surface area contributed by atoms with Gasteiger partial charge in [0.15, 0.2) is 0 Å². The van der Waals surface area contributed by atoms with Crippen LogP contribution in [0.2, 0.25) is 0 Å². The van der Waals surface area contributed by atoms with Crippen LogP contribution in [0.3, 0.4) is 0 Å². The summed E-state index contributed by atoms with van der Waals surface area (Å²) < 4.78 is 0. The number of anilines is 2. The molecule has 1 unspecified atom stereocenters. The van der Waals surface area contributed by atoms with Crippen molar-refractivity contribution in [1.29, 1.82) is 0 Å². The van der Waals surface area contributed by atoms with Crippen LogP contribution < -0.4 is 16.4 Å². The van der Waals surface area contributed by atoms with Crippen molar-refractivity contribution in [1.82, 2.24) is 0 Å². The van der Waals surface area contributed by atoms with E-state index >= 15 is 0 Å². The highest BCUT2D eigenvalue weighted by Crippen LogP contribution is 2.37. The third-order valence-corrected chi connectivity index (χ3v) is 4.32. The first kappa shape index (κ1) is 13.2. The molecule has 1 aromatic carbocycles. The highest BCUT2D eigenvalue weighted by molar-refractivity contribution is 8.00. The van der Waals surface area contributed by atoms with Crippen LogP contribution in [-0.4, -0.2) is 24.7 Å². The molecule has 1 heterocycles. The Balaban J connectivity index is 2.29. The molecular weight excluding hydrogens is 246 g/mol. The molecule has 4 nitrogen and oxygen atoms in total. The summed E-state index contributed by atoms with van der Waals surface area (Å²) in [4.78, 5) is 15.0. The molecule has 0 radical (unpaired) electrons. The smallest absolute Gasteiger partial charge is 0.237 e. The molecule has 1 aliphatic rings. The van der Waals surface area contributed by atoms with Crippen LogP contribution >= 0.6 is 11.8 Å². The predicted octanol–water partition coefficient (Wildman–Crippen LogP) is 1.69. The number of amides is 1. The molecule has 1 atom stereocenters. The number of thioether (sulfide) groups is 1. The van der Waals surface area contributed by atoms with Crippen molar-refractivity contribution in [2.45, 2.75) is 18.2 Å². The van der Waals surface area contributed by atoms with E-state index in [1.54, 1.807) is 11.8 Å². The van der Waals surface area contributed by atoms with Gasteiger partial charge in [0.1, 0.15) is 0 Å². The van der Waals surface area contributed by atoms with E-state index in [0.29, 0.717) is 30.4 Å². The molecule has 1 aliphatic heterocycles. The molecule has 0 bridgehead atoms. The fraction of sp³-hybridized carbons (Fsp3) is 0.462. The molecule has 18 heavy (non-hydrogen) atoms. The van der Waals surface area contributed by atoms with Crippen LogP contribution in [0.5, 0.6) is 0 Å². The van der Waals surface area contributed by atoms with Gasteiger partial charge in [0.25, 0.3) is 0 Å². The monoisotopic (exact) mass is 265 g/mol. The van der Waals surface area contributed by atoms with Crippen molar-refractivity contribution in [3.05, 3.63) is 18.2 Å². The summed E-state index contributed by atoms with van der Waals surface area (Å²) in [5, 5.41) is 0. The lowest BCUT2D eigenvalue weighted by Crippen LogP contribution is -2.40. The Kier molecular flexibility index (Phi) is 4.14. The lowest BCUT2D eigenvalue weighted by molar-refractivity contribution is -0.116. The SMILES string of the molecule is CCC(CN)CN1C(=O)CSc2ccc(N)cc21. The molecule has 0 saturated heterocycles. The minimum Gasteiger partial charge on any atom is -0.399 e. The highest BCUT2D eigenvalue weighted by atomic mass is 32.2. The van der Waals surface area contributed by atoms with Gasteiger partial charge in [-0.2, -0.15) is 0 Å². The van der Waals surface area contributed by atoms with Gasteiger partial charge in [-0.05, 0) is 30.7 Å². The zero-order valence-corrected chi connectivity index (χ0v) is 11.4. The van der Waals surface area contributed by atoms with E-state index in [-0.39, 0.29) is 5.91 Å². The normalized spacial score (nSPS) is 16.6. The Hall–Kier alpha value is -1.20. The largest absolute Gasteiger partial charge is 0.399 e. The zero-order valence-electron chi connectivity index (χ0n) is 10.6. The van der Waals surface area contributed by atoms with Gasteiger partial charge in [-0.15, -0.1) is 11.8 Å². The lowest BCUT2D eigenvalue weighted by atomic mass is 10.1. The molecular formula is C13H19N3OS. The summed E-state index contributed by atoms with van der Waals surface area (Å²) in [5.41, 5.74) is 13.2. The van der Waals surface area contributed by atoms with Crippen LogP contribution in [0.15, 0.2) is 23.1 Å². The van der Waals surface area contributed by atoms with E-state index in [1.165, 1.54) is 0 Å². The average Bonchev–Trinajstić information content (AvgIpc) is 2.38. The number of fused-ring (bicyclic) bond motifs is 1. The molecule has 5 heteroatoms. The quantitative estimate of drug-likeness (QED) is 0.813. The van der Waals surface area contributed by atoms with Crippen molar-refractivity contribution < 1.29 is 4.79 Å². The first-order chi connectivity index (χ1) is 8.65. The molecule has 1 aromatic rings. The number of benzene rings is 1. The summed E-state index contributed by atoms with van der Waals surface area (Å²) in [7, 11) is 0. The van der Waals surface area contributed by atoms with Crippen LogP contribution in [0, 0.1) is 5.92 Å². The van der Waals surface area contributed by atoms with Gasteiger partial charge < -0.3 is 16.4 Å². The summed E-state index contributed by atoms with van der Waals surface area (Å²) in [6, 6.07) is 5.74. The Labute approximate surface area is 112 Å². The second kappa shape index (κ2) is 5.63. The fourth-order valence-electron chi connectivity index (χ4n) is 2.05. The molecule has 0 aromatic heterocycles. The van der Waals surface area contributed by atoms with E-state index in [2.05, 4.69) is 6.92 Å². The molecule has 0 aliphatic carbocycles. The van der Waals surface area contributed by atoms with E-state index in [9.17, 15) is 4.79 Å². The number of nitrogen functional groups attached to an aromatic ring is 1. The fourth-order valence-corrected chi connectivity index (χ4v) is 2.96. The first-order valence-corrected chi connectivity index (χ1v) is 7.17. The highest BCUT2D eigenvalue weighted by Gasteiger charge is 2.26. The predicted molar refractivity (Wildman–Crippen MR) is 76.8 cm³/mol. The third-order valence-electron chi connectivity index (χ3n) is 3.28. The lowest BCUT2D eigenvalue weighted by Gasteiger charge is -2.31. The average molecular weight is 265 g/mol. The van der Waals surface area contributed by atoms with E-state index in [0.717, 1.165) is 17.0 Å². The maximum atomic E-state index is 12.1. The van der Waals surface area contributed by atoms with Crippen molar-refractivity contribution in [3.8, 4) is 0 Å². The van der Waals surface area contributed by atoms with Crippen molar-refractivity contribution in [2.24, 2.45) is 11.7 Å². The van der Waals surface area contributed by atoms with E-state index in [4.69, 9.17) is 11.5 Å². The van der Waals surface area contributed by atoms with Gasteiger partial charge in [0, 0.05) is 17.1 Å². The van der Waals surface area contributed by atoms with Crippen LogP contribution in [0.1, 0.15) is 13.3 Å². The van der Waals surface area contributed by atoms with Gasteiger partial charge in [-0.3, -0.25) is 4.79 Å². The maximum Gasteiger partial charge on any atom is 0.237 e. The van der Waals surface area contributed by atoms with Gasteiger partial charge in [-0.25, -0.2) is 0 Å². The summed E-state index contributed by atoms with van der Waals surface area (Å²) in [5.74, 6) is 0.981. The number of nitrogens with two attached hydrogens (primary N) is 2. The molecule has 4 N–H and O–H groups in total. The summed E-state index contributed by atoms with van der Waals surface area (Å²) in [6.45, 7) is 3.38. The van der Waals surface area contributed by atoms with E-state index in [1.807, 2.05) is 23.1 Å². The van der Waals surface area contributed by atoms with Crippen molar-refractivity contribution in [3.63, 3.8) is 0 Å². The second-order valence-corrected chi connectivity index (χ2v) is 5.55. The van der Waals surface area contributed by atoms with Crippen LogP contribution in [0.25, 0.3) is 0 Å². The minimum absolute atomic E-state index is 0.144. The molecule has 0 saturated carbocycles. The summed E-state index contributed by atoms with van der Waals surface area (Å²) in [6.07, 6.45) is 0.977. The maximum absolute atomic E-state index is 12.1. The summed E-state index contributed by atoms with van der Waals surface area (Å²) >= 11 is 1.57. The first-order valence-electron chi connectivity index (χ1n) is 6.18. The third kappa shape index (κ3) is 2.62. The molecule has 0 spiro atoms. The number of hydrogen-bond acceptors (Lipinski definition) is 4. The Morgan fingerprint density at radius 3 is 2.94 bits per heavy atom. The van der Waals surface area contributed by atoms with Gasteiger partial charge in [0.05, 0.1) is 11.4 Å². The minimum atomic E-state index is 0.144. The molecule has 1 amide bonds. The number of carbonyl (C=O) groups is 1. The molecule has 2 rings (SSSR count). The van der Waals surface area contributed by atoms with Gasteiger partial charge in [-0.1, -0.05) is 13.3 Å². The number of rotatable bonds is 4. The Bertz CT molecular complexity index is 446. The Morgan fingerprint density at radius 2 is 2.28 bits per heavy atom. The number of hydrogen-bond donors (Lipinski definition) is 2. The van der Waals surface area contributed by atoms with Crippen molar-refractivity contribution >= 4 is 29.0 Å². The topological polar surface area (TPSA) is 72.3 Å². The van der Waals surface area contributed by atoms with E-state index < -0.39 is 0 Å². The van der Waals surface area contributed by atoms with Gasteiger partial charge >= 0.3 is 0 Å². The molecule has 0 fully saturated rings. The standard InChI is InChI=1S/C13H19N3OS/c1-2-9(6-14)7-16-11-5-10(15)3-4-12(11)18-8-13(16)17/h3-5,9H,2,6-8,14-15H2,1H3. The Morgan fingerprint density at radius 1 is 1.50 bits per heavy atom. The van der Waals surface area contributed by atoms with Crippen LogP contribution in [0.4, 0.5) is 11.4 Å².